The molecule has 0 spiro atoms. The highest BCUT2D eigenvalue weighted by Gasteiger charge is 1.98. The Morgan fingerprint density at radius 2 is 2.00 bits per heavy atom. The first-order valence-corrected chi connectivity index (χ1v) is 4.56. The molecule has 1 rings (SSSR count). The first kappa shape index (κ1) is 10.5. The summed E-state index contributed by atoms with van der Waals surface area (Å²) >= 11 is 0. The van der Waals surface area contributed by atoms with Crippen LogP contribution in [0, 0.1) is 0 Å². The Hall–Kier alpha value is -1.56. The summed E-state index contributed by atoms with van der Waals surface area (Å²) in [6.07, 6.45) is 1.99. The topological polar surface area (TPSA) is 116 Å². The summed E-state index contributed by atoms with van der Waals surface area (Å²) < 4.78 is 0. The molecule has 0 fully saturated rings. The van der Waals surface area contributed by atoms with Gasteiger partial charge >= 0.3 is 0 Å². The first-order chi connectivity index (χ1) is 6.72. The molecule has 6 heteroatoms. The Balaban J connectivity index is 2.42. The van der Waals surface area contributed by atoms with E-state index in [1.807, 2.05) is 0 Å². The molecule has 0 amide bonds. The SMILES string of the molecule is NCCCCNc1cc(N)nc(N)n1. The summed E-state index contributed by atoms with van der Waals surface area (Å²) in [7, 11) is 0. The highest BCUT2D eigenvalue weighted by atomic mass is 15.1. The zero-order chi connectivity index (χ0) is 10.4. The second-order valence-electron chi connectivity index (χ2n) is 2.96. The maximum atomic E-state index is 5.50. The van der Waals surface area contributed by atoms with E-state index >= 15 is 0 Å². The number of rotatable bonds is 5. The molecule has 7 N–H and O–H groups in total. The van der Waals surface area contributed by atoms with Gasteiger partial charge in [0.25, 0.3) is 0 Å². The standard InChI is InChI=1S/C8H16N6/c9-3-1-2-4-12-7-5-6(10)13-8(11)14-7/h5H,1-4,9H2,(H5,10,11,12,13,14). The van der Waals surface area contributed by atoms with Gasteiger partial charge in [0.2, 0.25) is 5.95 Å². The van der Waals surface area contributed by atoms with Crippen molar-refractivity contribution in [2.75, 3.05) is 29.9 Å². The predicted molar refractivity (Wildman–Crippen MR) is 57.6 cm³/mol. The van der Waals surface area contributed by atoms with Crippen LogP contribution < -0.4 is 22.5 Å². The lowest BCUT2D eigenvalue weighted by atomic mass is 10.3. The molecule has 0 atom stereocenters. The number of nitrogens with zero attached hydrogens (tertiary/aromatic N) is 2. The maximum Gasteiger partial charge on any atom is 0.223 e. The van der Waals surface area contributed by atoms with Crippen LogP contribution in [0.1, 0.15) is 12.8 Å². The zero-order valence-corrected chi connectivity index (χ0v) is 8.03. The lowest BCUT2D eigenvalue weighted by Crippen LogP contribution is -2.09. The predicted octanol–water partition coefficient (Wildman–Crippen LogP) is -0.208. The van der Waals surface area contributed by atoms with Gasteiger partial charge in [-0.25, -0.2) is 0 Å². The molecule has 78 valence electrons. The Morgan fingerprint density at radius 1 is 1.21 bits per heavy atom. The van der Waals surface area contributed by atoms with Crippen LogP contribution in [0.15, 0.2) is 6.07 Å². The minimum Gasteiger partial charge on any atom is -0.383 e. The minimum absolute atomic E-state index is 0.186. The highest BCUT2D eigenvalue weighted by Crippen LogP contribution is 2.08. The summed E-state index contributed by atoms with van der Waals surface area (Å²) in [5.74, 6) is 1.22. The molecule has 0 aliphatic heterocycles. The molecule has 0 saturated carbocycles. The summed E-state index contributed by atoms with van der Waals surface area (Å²) in [6, 6.07) is 1.65. The van der Waals surface area contributed by atoms with E-state index in [-0.39, 0.29) is 5.95 Å². The van der Waals surface area contributed by atoms with Gasteiger partial charge in [-0.15, -0.1) is 0 Å². The van der Waals surface area contributed by atoms with Crippen LogP contribution in [0.4, 0.5) is 17.6 Å². The van der Waals surface area contributed by atoms with Crippen molar-refractivity contribution in [2.24, 2.45) is 5.73 Å². The van der Waals surface area contributed by atoms with Crippen LogP contribution in [0.2, 0.25) is 0 Å². The number of aromatic nitrogens is 2. The number of nitrogens with one attached hydrogen (secondary N) is 1. The van der Waals surface area contributed by atoms with Crippen LogP contribution in [-0.4, -0.2) is 23.1 Å². The molecule has 0 radical (unpaired) electrons. The van der Waals surface area contributed by atoms with Gasteiger partial charge in [0.15, 0.2) is 0 Å². The van der Waals surface area contributed by atoms with Crippen LogP contribution in [0.25, 0.3) is 0 Å². The van der Waals surface area contributed by atoms with E-state index in [0.717, 1.165) is 19.4 Å². The summed E-state index contributed by atoms with van der Waals surface area (Å²) in [6.45, 7) is 1.52. The smallest absolute Gasteiger partial charge is 0.223 e. The first-order valence-electron chi connectivity index (χ1n) is 4.56. The number of nitrogen functional groups attached to an aromatic ring is 2. The van der Waals surface area contributed by atoms with E-state index in [2.05, 4.69) is 15.3 Å². The van der Waals surface area contributed by atoms with E-state index in [9.17, 15) is 0 Å². The molecule has 1 aromatic heterocycles. The molecule has 14 heavy (non-hydrogen) atoms. The normalized spacial score (nSPS) is 10.1. The van der Waals surface area contributed by atoms with E-state index in [1.165, 1.54) is 0 Å². The minimum atomic E-state index is 0.186. The third-order valence-corrected chi connectivity index (χ3v) is 1.70. The van der Waals surface area contributed by atoms with Gasteiger partial charge in [0.1, 0.15) is 11.6 Å². The molecule has 0 bridgehead atoms. The van der Waals surface area contributed by atoms with Crippen LogP contribution in [0.5, 0.6) is 0 Å². The molecule has 0 aliphatic rings. The Labute approximate surface area is 82.9 Å². The quantitative estimate of drug-likeness (QED) is 0.484. The number of hydrogen-bond donors (Lipinski definition) is 4. The van der Waals surface area contributed by atoms with E-state index < -0.39 is 0 Å². The number of nitrogens with two attached hydrogens (primary N) is 3. The maximum absolute atomic E-state index is 5.50. The summed E-state index contributed by atoms with van der Waals surface area (Å²) in [5, 5.41) is 3.09. The van der Waals surface area contributed by atoms with Gasteiger partial charge in [-0.05, 0) is 19.4 Å². The third kappa shape index (κ3) is 3.44. The molecule has 0 saturated heterocycles. The number of anilines is 3. The van der Waals surface area contributed by atoms with Crippen molar-refractivity contribution in [2.45, 2.75) is 12.8 Å². The second-order valence-corrected chi connectivity index (χ2v) is 2.96. The van der Waals surface area contributed by atoms with Gasteiger partial charge < -0.3 is 22.5 Å². The van der Waals surface area contributed by atoms with E-state index in [0.29, 0.717) is 18.2 Å². The molecule has 0 aliphatic carbocycles. The molecule has 0 unspecified atom stereocenters. The fourth-order valence-electron chi connectivity index (χ4n) is 1.06. The highest BCUT2D eigenvalue weighted by molar-refractivity contribution is 5.48. The monoisotopic (exact) mass is 196 g/mol. The van der Waals surface area contributed by atoms with Crippen molar-refractivity contribution in [3.05, 3.63) is 6.07 Å². The van der Waals surface area contributed by atoms with E-state index in [4.69, 9.17) is 17.2 Å². The van der Waals surface area contributed by atoms with Crippen molar-refractivity contribution >= 4 is 17.6 Å². The largest absolute Gasteiger partial charge is 0.383 e. The van der Waals surface area contributed by atoms with Crippen LogP contribution in [-0.2, 0) is 0 Å². The molecule has 6 nitrogen and oxygen atoms in total. The molecule has 0 aromatic carbocycles. The second kappa shape index (κ2) is 5.23. The average molecular weight is 196 g/mol. The molecular formula is C8H16N6. The molecule has 1 aromatic rings. The summed E-state index contributed by atoms with van der Waals surface area (Å²) in [5.41, 5.74) is 16.3. The number of hydrogen-bond acceptors (Lipinski definition) is 6. The fourth-order valence-corrected chi connectivity index (χ4v) is 1.06. The average Bonchev–Trinajstić information content (AvgIpc) is 2.11. The lowest BCUT2D eigenvalue weighted by Gasteiger charge is -2.05. The van der Waals surface area contributed by atoms with Gasteiger partial charge in [-0.2, -0.15) is 9.97 Å². The van der Waals surface area contributed by atoms with E-state index in [1.54, 1.807) is 6.07 Å². The van der Waals surface area contributed by atoms with Crippen molar-refractivity contribution < 1.29 is 0 Å². The third-order valence-electron chi connectivity index (χ3n) is 1.70. The van der Waals surface area contributed by atoms with Crippen LogP contribution in [0.3, 0.4) is 0 Å². The number of unbranched alkanes of at least 4 members (excludes halogenated alkanes) is 1. The van der Waals surface area contributed by atoms with Gasteiger partial charge in [-0.3, -0.25) is 0 Å². The van der Waals surface area contributed by atoms with Gasteiger partial charge in [-0.1, -0.05) is 0 Å². The zero-order valence-electron chi connectivity index (χ0n) is 8.03. The van der Waals surface area contributed by atoms with Crippen molar-refractivity contribution in [3.63, 3.8) is 0 Å². The Morgan fingerprint density at radius 3 is 2.64 bits per heavy atom. The fraction of sp³-hybridized carbons (Fsp3) is 0.500. The van der Waals surface area contributed by atoms with Crippen molar-refractivity contribution in [1.29, 1.82) is 0 Å². The van der Waals surface area contributed by atoms with Crippen LogP contribution >= 0.6 is 0 Å². The molecule has 1 heterocycles. The van der Waals surface area contributed by atoms with Crippen molar-refractivity contribution in [3.8, 4) is 0 Å². The summed E-state index contributed by atoms with van der Waals surface area (Å²) in [4.78, 5) is 7.74. The molecular weight excluding hydrogens is 180 g/mol. The lowest BCUT2D eigenvalue weighted by molar-refractivity contribution is 0.772. The van der Waals surface area contributed by atoms with Gasteiger partial charge in [0.05, 0.1) is 0 Å². The van der Waals surface area contributed by atoms with Gasteiger partial charge in [0, 0.05) is 12.6 Å². The Bertz CT molecular complexity index is 267. The van der Waals surface area contributed by atoms with Crippen molar-refractivity contribution in [1.82, 2.24) is 9.97 Å². The Kier molecular flexibility index (Phi) is 3.93.